The van der Waals surface area contributed by atoms with Gasteiger partial charge in [0.1, 0.15) is 11.3 Å². The molecular formula is C15H18FN3O3. The van der Waals surface area contributed by atoms with E-state index in [2.05, 4.69) is 0 Å². The number of nitrogens with one attached hydrogen (secondary N) is 1. The van der Waals surface area contributed by atoms with E-state index in [1.165, 1.54) is 15.2 Å². The van der Waals surface area contributed by atoms with Gasteiger partial charge in [-0.1, -0.05) is 6.07 Å². The SMILES string of the molecule is Cc1ccc(F)c2c1n(C)c(=O)n2C(C)CCC(=O)NC=O. The molecule has 1 N–H and O–H groups in total. The van der Waals surface area contributed by atoms with Crippen LogP contribution in [0.5, 0.6) is 0 Å². The number of aromatic nitrogens is 2. The van der Waals surface area contributed by atoms with Crippen molar-refractivity contribution in [2.75, 3.05) is 0 Å². The number of imidazole rings is 1. The zero-order valence-corrected chi connectivity index (χ0v) is 12.7. The van der Waals surface area contributed by atoms with E-state index in [9.17, 15) is 18.8 Å². The molecule has 2 aromatic rings. The second kappa shape index (κ2) is 6.13. The maximum absolute atomic E-state index is 14.2. The van der Waals surface area contributed by atoms with Crippen LogP contribution in [0.3, 0.4) is 0 Å². The highest BCUT2D eigenvalue weighted by atomic mass is 19.1. The van der Waals surface area contributed by atoms with Gasteiger partial charge in [0.15, 0.2) is 0 Å². The zero-order valence-electron chi connectivity index (χ0n) is 12.7. The van der Waals surface area contributed by atoms with Crippen LogP contribution in [0.25, 0.3) is 11.0 Å². The molecule has 0 fully saturated rings. The summed E-state index contributed by atoms with van der Waals surface area (Å²) in [7, 11) is 1.60. The zero-order chi connectivity index (χ0) is 16.4. The Morgan fingerprint density at radius 2 is 2.09 bits per heavy atom. The van der Waals surface area contributed by atoms with Crippen LogP contribution in [0.1, 0.15) is 31.4 Å². The summed E-state index contributed by atoms with van der Waals surface area (Å²) in [6, 6.07) is 2.59. The van der Waals surface area contributed by atoms with Crippen molar-refractivity contribution >= 4 is 23.4 Å². The van der Waals surface area contributed by atoms with Crippen LogP contribution in [-0.2, 0) is 16.6 Å². The third-order valence-corrected chi connectivity index (χ3v) is 3.82. The summed E-state index contributed by atoms with van der Waals surface area (Å²) < 4.78 is 17.0. The van der Waals surface area contributed by atoms with Gasteiger partial charge in [-0.15, -0.1) is 0 Å². The summed E-state index contributed by atoms with van der Waals surface area (Å²) in [5, 5.41) is 2.04. The molecule has 1 aromatic carbocycles. The Morgan fingerprint density at radius 1 is 1.41 bits per heavy atom. The van der Waals surface area contributed by atoms with E-state index in [1.807, 2.05) is 12.2 Å². The predicted molar refractivity (Wildman–Crippen MR) is 80.0 cm³/mol. The average Bonchev–Trinajstić information content (AvgIpc) is 2.74. The third-order valence-electron chi connectivity index (χ3n) is 3.82. The quantitative estimate of drug-likeness (QED) is 0.849. The van der Waals surface area contributed by atoms with Crippen molar-refractivity contribution in [3.63, 3.8) is 0 Å². The molecule has 2 amide bonds. The topological polar surface area (TPSA) is 73.1 Å². The number of benzene rings is 1. The number of carbonyl (C=O) groups is 2. The second-order valence-electron chi connectivity index (χ2n) is 5.35. The van der Waals surface area contributed by atoms with Crippen LogP contribution in [0, 0.1) is 12.7 Å². The molecule has 22 heavy (non-hydrogen) atoms. The van der Waals surface area contributed by atoms with E-state index in [0.717, 1.165) is 5.56 Å². The van der Waals surface area contributed by atoms with Gasteiger partial charge in [-0.3, -0.25) is 24.0 Å². The van der Waals surface area contributed by atoms with E-state index in [0.29, 0.717) is 18.3 Å². The first-order valence-electron chi connectivity index (χ1n) is 6.97. The van der Waals surface area contributed by atoms with Gasteiger partial charge < -0.3 is 0 Å². The Bertz CT molecular complexity index is 791. The number of amides is 2. The fourth-order valence-corrected chi connectivity index (χ4v) is 2.68. The molecule has 0 spiro atoms. The Hall–Kier alpha value is -2.44. The standard InChI is InChI=1S/C15H18FN3O3/c1-9-4-6-11(16)14-13(9)18(3)15(22)19(14)10(2)5-7-12(21)17-8-20/h4,6,8,10H,5,7H2,1-3H3,(H,17,20,21). The number of rotatable bonds is 5. The predicted octanol–water partition coefficient (Wildman–Crippen LogP) is 1.40. The summed E-state index contributed by atoms with van der Waals surface area (Å²) in [6.07, 6.45) is 0.725. The number of imide groups is 1. The van der Waals surface area contributed by atoms with Gasteiger partial charge in [0.2, 0.25) is 12.3 Å². The number of hydrogen-bond donors (Lipinski definition) is 1. The monoisotopic (exact) mass is 307 g/mol. The first kappa shape index (κ1) is 15.9. The summed E-state index contributed by atoms with van der Waals surface area (Å²) >= 11 is 0. The Balaban J connectivity index is 2.45. The molecule has 7 heteroatoms. The summed E-state index contributed by atoms with van der Waals surface area (Å²) in [6.45, 7) is 3.56. The summed E-state index contributed by atoms with van der Waals surface area (Å²) in [5.74, 6) is -0.894. The number of hydrogen-bond acceptors (Lipinski definition) is 3. The largest absolute Gasteiger partial charge is 0.329 e. The van der Waals surface area contributed by atoms with E-state index < -0.39 is 11.7 Å². The Kier molecular flexibility index (Phi) is 4.44. The van der Waals surface area contributed by atoms with Gasteiger partial charge in [0.25, 0.3) is 0 Å². The molecule has 0 bridgehead atoms. The van der Waals surface area contributed by atoms with Crippen LogP contribution < -0.4 is 11.0 Å². The lowest BCUT2D eigenvalue weighted by molar-refractivity contribution is -0.125. The van der Waals surface area contributed by atoms with Gasteiger partial charge >= 0.3 is 5.69 Å². The summed E-state index contributed by atoms with van der Waals surface area (Å²) in [5.41, 5.74) is 1.28. The van der Waals surface area contributed by atoms with Crippen LogP contribution in [-0.4, -0.2) is 21.5 Å². The molecule has 1 heterocycles. The van der Waals surface area contributed by atoms with E-state index >= 15 is 0 Å². The average molecular weight is 307 g/mol. The fraction of sp³-hybridized carbons (Fsp3) is 0.400. The highest BCUT2D eigenvalue weighted by molar-refractivity contribution is 5.85. The Morgan fingerprint density at radius 3 is 2.73 bits per heavy atom. The maximum Gasteiger partial charge on any atom is 0.329 e. The molecule has 0 aliphatic rings. The minimum absolute atomic E-state index is 0.0795. The van der Waals surface area contributed by atoms with E-state index in [-0.39, 0.29) is 23.7 Å². The maximum atomic E-state index is 14.2. The molecule has 2 rings (SSSR count). The Labute approximate surface area is 126 Å². The normalized spacial score (nSPS) is 12.4. The molecule has 1 aromatic heterocycles. The van der Waals surface area contributed by atoms with Crippen molar-refractivity contribution in [3.8, 4) is 0 Å². The van der Waals surface area contributed by atoms with Crippen molar-refractivity contribution in [1.29, 1.82) is 0 Å². The van der Waals surface area contributed by atoms with Crippen LogP contribution in [0.15, 0.2) is 16.9 Å². The van der Waals surface area contributed by atoms with Gasteiger partial charge in [-0.25, -0.2) is 9.18 Å². The van der Waals surface area contributed by atoms with Crippen molar-refractivity contribution in [3.05, 3.63) is 34.0 Å². The van der Waals surface area contributed by atoms with Crippen LogP contribution in [0.4, 0.5) is 4.39 Å². The number of aryl methyl sites for hydroxylation is 2. The molecule has 6 nitrogen and oxygen atoms in total. The molecule has 118 valence electrons. The second-order valence-corrected chi connectivity index (χ2v) is 5.35. The van der Waals surface area contributed by atoms with Crippen LogP contribution >= 0.6 is 0 Å². The third kappa shape index (κ3) is 2.66. The van der Waals surface area contributed by atoms with Crippen molar-refractivity contribution in [2.45, 2.75) is 32.7 Å². The molecule has 1 unspecified atom stereocenters. The highest BCUT2D eigenvalue weighted by Gasteiger charge is 2.20. The minimum atomic E-state index is -0.470. The van der Waals surface area contributed by atoms with E-state index in [1.54, 1.807) is 20.0 Å². The lowest BCUT2D eigenvalue weighted by Gasteiger charge is -2.13. The molecule has 0 aliphatic carbocycles. The van der Waals surface area contributed by atoms with Gasteiger partial charge in [-0.05, 0) is 31.9 Å². The number of fused-ring (bicyclic) bond motifs is 1. The van der Waals surface area contributed by atoms with Crippen molar-refractivity contribution in [1.82, 2.24) is 14.5 Å². The molecule has 0 saturated carbocycles. The number of carbonyl (C=O) groups excluding carboxylic acids is 2. The lowest BCUT2D eigenvalue weighted by atomic mass is 10.1. The van der Waals surface area contributed by atoms with Crippen LogP contribution in [0.2, 0.25) is 0 Å². The smallest absolute Gasteiger partial charge is 0.299 e. The fourth-order valence-electron chi connectivity index (χ4n) is 2.68. The first-order chi connectivity index (χ1) is 10.4. The molecule has 0 aliphatic heterocycles. The van der Waals surface area contributed by atoms with Gasteiger partial charge in [-0.2, -0.15) is 0 Å². The number of halogens is 1. The molecule has 0 saturated heterocycles. The van der Waals surface area contributed by atoms with E-state index in [4.69, 9.17) is 0 Å². The lowest BCUT2D eigenvalue weighted by Crippen LogP contribution is -2.27. The van der Waals surface area contributed by atoms with Crippen molar-refractivity contribution in [2.24, 2.45) is 7.05 Å². The van der Waals surface area contributed by atoms with Gasteiger partial charge in [0, 0.05) is 19.5 Å². The molecule has 0 radical (unpaired) electrons. The van der Waals surface area contributed by atoms with Crippen molar-refractivity contribution < 1.29 is 14.0 Å². The highest BCUT2D eigenvalue weighted by Crippen LogP contribution is 2.24. The summed E-state index contributed by atoms with van der Waals surface area (Å²) in [4.78, 5) is 34.0. The molecular weight excluding hydrogens is 289 g/mol. The van der Waals surface area contributed by atoms with Gasteiger partial charge in [0.05, 0.1) is 5.52 Å². The minimum Gasteiger partial charge on any atom is -0.299 e. The number of nitrogens with zero attached hydrogens (tertiary/aromatic N) is 2. The first-order valence-corrected chi connectivity index (χ1v) is 6.97. The molecule has 1 atom stereocenters.